The number of hydrogen-bond acceptors (Lipinski definition) is 8. The van der Waals surface area contributed by atoms with Gasteiger partial charge in [-0.25, -0.2) is 9.18 Å². The number of amides is 4. The van der Waals surface area contributed by atoms with Crippen LogP contribution in [0.15, 0.2) is 55.0 Å². The highest BCUT2D eigenvalue weighted by atomic mass is 19.1. The normalized spacial score (nSPS) is 20.1. The molecule has 0 spiro atoms. The van der Waals surface area contributed by atoms with Crippen LogP contribution < -0.4 is 20.3 Å². The van der Waals surface area contributed by atoms with Crippen molar-refractivity contribution < 1.29 is 23.5 Å². The minimum Gasteiger partial charge on any atom is -0.494 e. The topological polar surface area (TPSA) is 120 Å². The minimum atomic E-state index is -1.71. The number of fused-ring (bicyclic) bond motifs is 1. The molecule has 0 saturated carbocycles. The van der Waals surface area contributed by atoms with Crippen LogP contribution in [-0.2, 0) is 17.9 Å². The maximum absolute atomic E-state index is 14.8. The molecule has 3 aliphatic rings. The molecule has 11 nitrogen and oxygen atoms in total. The Labute approximate surface area is 241 Å². The van der Waals surface area contributed by atoms with Gasteiger partial charge in [0.05, 0.1) is 24.9 Å². The summed E-state index contributed by atoms with van der Waals surface area (Å²) in [6, 6.07) is 10.1. The van der Waals surface area contributed by atoms with Crippen LogP contribution in [0.1, 0.15) is 27.2 Å². The number of ether oxygens (including phenoxy) is 1. The predicted octanol–water partition coefficient (Wildman–Crippen LogP) is 1.53. The minimum absolute atomic E-state index is 0.0477. The number of halogens is 1. The zero-order valence-electron chi connectivity index (χ0n) is 22.9. The second-order valence-electron chi connectivity index (χ2n) is 10.3. The molecule has 5 heterocycles. The fourth-order valence-corrected chi connectivity index (χ4v) is 5.42. The number of methoxy groups -OCH3 is 1. The number of piperazine rings is 1. The van der Waals surface area contributed by atoms with E-state index in [2.05, 4.69) is 42.2 Å². The second kappa shape index (κ2) is 11.1. The number of pyridine rings is 2. The molecule has 3 aromatic rings. The van der Waals surface area contributed by atoms with Crippen molar-refractivity contribution in [2.45, 2.75) is 18.6 Å². The van der Waals surface area contributed by atoms with Gasteiger partial charge >= 0.3 is 6.03 Å². The number of carbonyl (C=O) groups excluding carboxylic acids is 3. The molecule has 0 bridgehead atoms. The van der Waals surface area contributed by atoms with E-state index < -0.39 is 29.2 Å². The Balaban J connectivity index is 1.13. The van der Waals surface area contributed by atoms with E-state index in [1.165, 1.54) is 23.8 Å². The van der Waals surface area contributed by atoms with Crippen molar-refractivity contribution in [3.8, 4) is 17.6 Å². The van der Waals surface area contributed by atoms with Gasteiger partial charge in [0.2, 0.25) is 5.54 Å². The van der Waals surface area contributed by atoms with E-state index in [0.717, 1.165) is 31.9 Å². The average Bonchev–Trinajstić information content (AvgIpc) is 3.47. The number of rotatable bonds is 6. The molecule has 12 heteroatoms. The number of benzene rings is 1. The highest BCUT2D eigenvalue weighted by Gasteiger charge is 2.48. The lowest BCUT2D eigenvalue weighted by Crippen LogP contribution is -2.54. The lowest BCUT2D eigenvalue weighted by molar-refractivity contribution is -0.122. The summed E-state index contributed by atoms with van der Waals surface area (Å²) < 4.78 is 19.8. The predicted molar refractivity (Wildman–Crippen MR) is 150 cm³/mol. The van der Waals surface area contributed by atoms with Gasteiger partial charge in [0, 0.05) is 69.1 Å². The molecule has 0 radical (unpaired) electrons. The molecule has 2 aromatic heterocycles. The second-order valence-corrected chi connectivity index (χ2v) is 10.3. The Hall–Kier alpha value is -5.02. The van der Waals surface area contributed by atoms with Gasteiger partial charge in [-0.3, -0.25) is 29.8 Å². The van der Waals surface area contributed by atoms with E-state index in [4.69, 9.17) is 4.74 Å². The van der Waals surface area contributed by atoms with Crippen molar-refractivity contribution in [2.24, 2.45) is 0 Å². The lowest BCUT2D eigenvalue weighted by atomic mass is 9.99. The fourth-order valence-electron chi connectivity index (χ4n) is 5.42. The van der Waals surface area contributed by atoms with E-state index in [-0.39, 0.29) is 24.4 Å². The van der Waals surface area contributed by atoms with Crippen molar-refractivity contribution in [3.63, 3.8) is 0 Å². The van der Waals surface area contributed by atoms with Crippen LogP contribution >= 0.6 is 0 Å². The third kappa shape index (κ3) is 5.22. The molecular weight excluding hydrogens is 541 g/mol. The van der Waals surface area contributed by atoms with Gasteiger partial charge in [-0.05, 0) is 35.9 Å². The Morgan fingerprint density at radius 1 is 1.05 bits per heavy atom. The van der Waals surface area contributed by atoms with Gasteiger partial charge in [-0.15, -0.1) is 0 Å². The largest absolute Gasteiger partial charge is 0.494 e. The van der Waals surface area contributed by atoms with E-state index in [1.807, 2.05) is 24.3 Å². The summed E-state index contributed by atoms with van der Waals surface area (Å²) in [5.41, 5.74) is 1.24. The summed E-state index contributed by atoms with van der Waals surface area (Å²) in [7, 11) is 1.32. The molecule has 0 unspecified atom stereocenters. The Bertz CT molecular complexity index is 1600. The van der Waals surface area contributed by atoms with Crippen LogP contribution in [0.4, 0.5) is 14.9 Å². The lowest BCUT2D eigenvalue weighted by Gasteiger charge is -2.35. The summed E-state index contributed by atoms with van der Waals surface area (Å²) in [4.78, 5) is 52.7. The molecule has 1 atom stereocenters. The van der Waals surface area contributed by atoms with Crippen LogP contribution in [-0.4, -0.2) is 83.0 Å². The van der Waals surface area contributed by atoms with Crippen molar-refractivity contribution in [2.75, 3.05) is 44.7 Å². The first-order chi connectivity index (χ1) is 20.3. The number of nitrogens with zero attached hydrogens (tertiary/aromatic N) is 5. The summed E-state index contributed by atoms with van der Waals surface area (Å²) in [6.45, 7) is 4.12. The highest BCUT2D eigenvalue weighted by Crippen LogP contribution is 2.32. The van der Waals surface area contributed by atoms with E-state index in [9.17, 15) is 18.8 Å². The smallest absolute Gasteiger partial charge is 0.323 e. The standard InChI is InChI=1S/C30H28FN7O4/c1-42-24-5-3-21-17-38(27(39)25(21)26(24)31)19-30(28(40)34-29(41)35-30)9-6-20-2-4-22(33-16-20)18-36-12-14-37(15-13-36)23-7-10-32-11-8-23/h2-5,7-8,10-11,16H,12-15,17-19H2,1H3,(H2,34,35,40,41)/t30-/m1/s1. The Kier molecular flexibility index (Phi) is 7.18. The number of imide groups is 1. The maximum Gasteiger partial charge on any atom is 0.323 e. The van der Waals surface area contributed by atoms with Crippen LogP contribution in [0.25, 0.3) is 0 Å². The number of hydrogen-bond donors (Lipinski definition) is 2. The van der Waals surface area contributed by atoms with Crippen molar-refractivity contribution >= 4 is 23.5 Å². The maximum atomic E-state index is 14.8. The molecule has 4 amide bonds. The van der Waals surface area contributed by atoms with E-state index in [0.29, 0.717) is 17.7 Å². The third-order valence-corrected chi connectivity index (χ3v) is 7.68. The van der Waals surface area contributed by atoms with Crippen LogP contribution in [0.3, 0.4) is 0 Å². The van der Waals surface area contributed by atoms with Crippen molar-refractivity contribution in [3.05, 3.63) is 83.2 Å². The van der Waals surface area contributed by atoms with Gasteiger partial charge in [-0.1, -0.05) is 17.9 Å². The molecule has 2 N–H and O–H groups in total. The monoisotopic (exact) mass is 569 g/mol. The number of carbonyl (C=O) groups is 3. The van der Waals surface area contributed by atoms with E-state index >= 15 is 0 Å². The zero-order chi connectivity index (χ0) is 29.3. The van der Waals surface area contributed by atoms with E-state index in [1.54, 1.807) is 24.7 Å². The fraction of sp³-hybridized carbons (Fsp3) is 0.300. The van der Waals surface area contributed by atoms with Gasteiger partial charge in [0.25, 0.3) is 11.8 Å². The quantitative estimate of drug-likeness (QED) is 0.339. The SMILES string of the molecule is COc1ccc2c(c1F)C(=O)N(C[C@@]1(C#Cc3ccc(CN4CCN(c5ccncc5)CC4)nc3)NC(=O)NC1=O)C2. The van der Waals surface area contributed by atoms with Gasteiger partial charge in [-0.2, -0.15) is 0 Å². The van der Waals surface area contributed by atoms with Crippen molar-refractivity contribution in [1.82, 2.24) is 30.4 Å². The summed E-state index contributed by atoms with van der Waals surface area (Å²) >= 11 is 0. The average molecular weight is 570 g/mol. The first-order valence-corrected chi connectivity index (χ1v) is 13.5. The third-order valence-electron chi connectivity index (χ3n) is 7.68. The molecule has 1 aromatic carbocycles. The summed E-state index contributed by atoms with van der Waals surface area (Å²) in [5, 5.41) is 4.76. The van der Waals surface area contributed by atoms with Crippen LogP contribution in [0.2, 0.25) is 0 Å². The molecule has 0 aliphatic carbocycles. The molecule has 6 rings (SSSR count). The van der Waals surface area contributed by atoms with Gasteiger partial charge < -0.3 is 19.9 Å². The van der Waals surface area contributed by atoms with Crippen molar-refractivity contribution in [1.29, 1.82) is 0 Å². The van der Waals surface area contributed by atoms with Crippen LogP contribution in [0, 0.1) is 17.7 Å². The van der Waals surface area contributed by atoms with Gasteiger partial charge in [0.15, 0.2) is 11.6 Å². The molecule has 214 valence electrons. The Morgan fingerprint density at radius 3 is 2.50 bits per heavy atom. The number of aromatic nitrogens is 2. The first-order valence-electron chi connectivity index (χ1n) is 13.5. The van der Waals surface area contributed by atoms with Gasteiger partial charge in [0.1, 0.15) is 0 Å². The summed E-state index contributed by atoms with van der Waals surface area (Å²) in [5.74, 6) is 3.69. The Morgan fingerprint density at radius 2 is 1.83 bits per heavy atom. The molecule has 3 aliphatic heterocycles. The number of nitrogens with one attached hydrogen (secondary N) is 2. The first kappa shape index (κ1) is 27.2. The molecule has 2 saturated heterocycles. The number of urea groups is 1. The zero-order valence-corrected chi connectivity index (χ0v) is 22.9. The molecule has 42 heavy (non-hydrogen) atoms. The van der Waals surface area contributed by atoms with Crippen LogP contribution in [0.5, 0.6) is 5.75 Å². The summed E-state index contributed by atoms with van der Waals surface area (Å²) in [6.07, 6.45) is 5.22. The molecular formula is C30H28FN7O4. The number of anilines is 1. The molecule has 2 fully saturated rings. The highest BCUT2D eigenvalue weighted by molar-refractivity contribution is 6.10.